The maximum absolute atomic E-state index is 13.0. The highest BCUT2D eigenvalue weighted by Crippen LogP contribution is 2.23. The van der Waals surface area contributed by atoms with Crippen molar-refractivity contribution in [2.24, 2.45) is 0 Å². The van der Waals surface area contributed by atoms with Crippen LogP contribution in [-0.2, 0) is 17.8 Å². The molecule has 1 aliphatic heterocycles. The van der Waals surface area contributed by atoms with Crippen LogP contribution in [0.1, 0.15) is 30.6 Å². The summed E-state index contributed by atoms with van der Waals surface area (Å²) in [4.78, 5) is 33.3. The van der Waals surface area contributed by atoms with Gasteiger partial charge in [0.15, 0.2) is 0 Å². The topological polar surface area (TPSA) is 55.2 Å². The average molecular weight is 382 g/mol. The van der Waals surface area contributed by atoms with E-state index in [0.29, 0.717) is 10.9 Å². The Balaban J connectivity index is 1.48. The number of piperidine rings is 1. The second-order valence-electron chi connectivity index (χ2n) is 7.05. The van der Waals surface area contributed by atoms with E-state index in [0.717, 1.165) is 38.6 Å². The molecule has 5 nitrogen and oxygen atoms in total. The first-order chi connectivity index (χ1) is 13.2. The summed E-state index contributed by atoms with van der Waals surface area (Å²) in [5, 5.41) is 2.65. The highest BCUT2D eigenvalue weighted by atomic mass is 32.1. The van der Waals surface area contributed by atoms with Crippen molar-refractivity contribution in [3.8, 4) is 0 Å². The summed E-state index contributed by atoms with van der Waals surface area (Å²) in [6, 6.07) is 11.7. The van der Waals surface area contributed by atoms with Gasteiger partial charge < -0.3 is 4.90 Å². The summed E-state index contributed by atoms with van der Waals surface area (Å²) in [5.74, 6) is 0.0186. The van der Waals surface area contributed by atoms with Crippen LogP contribution in [0.25, 0.3) is 10.9 Å². The van der Waals surface area contributed by atoms with Gasteiger partial charge in [0.1, 0.15) is 6.54 Å². The van der Waals surface area contributed by atoms with E-state index in [-0.39, 0.29) is 24.1 Å². The number of nitrogens with zero attached hydrogens (tertiary/aromatic N) is 3. The minimum atomic E-state index is -0.152. The summed E-state index contributed by atoms with van der Waals surface area (Å²) >= 11 is 1.77. The van der Waals surface area contributed by atoms with Gasteiger partial charge in [0, 0.05) is 17.5 Å². The molecule has 0 N–H and O–H groups in total. The van der Waals surface area contributed by atoms with Crippen molar-refractivity contribution in [2.45, 2.75) is 44.7 Å². The maximum atomic E-state index is 13.0. The predicted molar refractivity (Wildman–Crippen MR) is 108 cm³/mol. The normalized spacial score (nSPS) is 17.3. The monoisotopic (exact) mass is 381 g/mol. The molecule has 4 rings (SSSR count). The van der Waals surface area contributed by atoms with Crippen LogP contribution in [0.2, 0.25) is 0 Å². The van der Waals surface area contributed by atoms with Crippen LogP contribution in [0.3, 0.4) is 0 Å². The lowest BCUT2D eigenvalue weighted by molar-refractivity contribution is -0.135. The molecule has 3 aromatic rings. The number of aryl methyl sites for hydroxylation is 1. The quantitative estimate of drug-likeness (QED) is 0.680. The Hall–Kier alpha value is -2.47. The van der Waals surface area contributed by atoms with Crippen LogP contribution in [0.4, 0.5) is 0 Å². The van der Waals surface area contributed by atoms with E-state index in [1.807, 2.05) is 23.1 Å². The zero-order valence-corrected chi connectivity index (χ0v) is 16.0. The van der Waals surface area contributed by atoms with Gasteiger partial charge in [-0.25, -0.2) is 4.98 Å². The number of benzene rings is 1. The predicted octanol–water partition coefficient (Wildman–Crippen LogP) is 3.47. The third-order valence-electron chi connectivity index (χ3n) is 5.29. The molecule has 1 aromatic carbocycles. The van der Waals surface area contributed by atoms with E-state index in [2.05, 4.69) is 22.5 Å². The van der Waals surface area contributed by atoms with Crippen molar-refractivity contribution < 1.29 is 4.79 Å². The number of rotatable bonds is 5. The number of para-hydroxylation sites is 1. The van der Waals surface area contributed by atoms with Gasteiger partial charge in [0.25, 0.3) is 5.56 Å². The Labute approximate surface area is 162 Å². The van der Waals surface area contributed by atoms with Crippen molar-refractivity contribution in [3.63, 3.8) is 0 Å². The molecule has 0 radical (unpaired) electrons. The van der Waals surface area contributed by atoms with Crippen molar-refractivity contribution in [2.75, 3.05) is 6.54 Å². The Morgan fingerprint density at radius 2 is 2.07 bits per heavy atom. The first kappa shape index (κ1) is 17.9. The summed E-state index contributed by atoms with van der Waals surface area (Å²) in [7, 11) is 0. The van der Waals surface area contributed by atoms with Gasteiger partial charge in [-0.05, 0) is 55.7 Å². The summed E-state index contributed by atoms with van der Waals surface area (Å²) in [5.41, 5.74) is 0.513. The molecular weight excluding hydrogens is 358 g/mol. The zero-order valence-electron chi connectivity index (χ0n) is 15.2. The van der Waals surface area contributed by atoms with Crippen molar-refractivity contribution >= 4 is 28.1 Å². The average Bonchev–Trinajstić information content (AvgIpc) is 3.22. The molecule has 3 heterocycles. The van der Waals surface area contributed by atoms with Crippen molar-refractivity contribution in [3.05, 3.63) is 63.3 Å². The third kappa shape index (κ3) is 3.95. The lowest BCUT2D eigenvalue weighted by Gasteiger charge is -2.36. The molecule has 0 aliphatic carbocycles. The number of thiophene rings is 1. The highest BCUT2D eigenvalue weighted by Gasteiger charge is 2.26. The SMILES string of the molecule is O=C(Cn1cnc2ccccc2c1=O)N1CCCCC1CCc1cccs1. The second-order valence-corrected chi connectivity index (χ2v) is 8.08. The van der Waals surface area contributed by atoms with Crippen LogP contribution in [0.5, 0.6) is 0 Å². The third-order valence-corrected chi connectivity index (χ3v) is 6.22. The van der Waals surface area contributed by atoms with Gasteiger partial charge in [-0.1, -0.05) is 18.2 Å². The molecule has 1 aliphatic rings. The number of hydrogen-bond donors (Lipinski definition) is 0. The Morgan fingerprint density at radius 3 is 2.93 bits per heavy atom. The number of aromatic nitrogens is 2. The molecule has 1 atom stereocenters. The first-order valence-electron chi connectivity index (χ1n) is 9.48. The van der Waals surface area contributed by atoms with Gasteiger partial charge in [-0.15, -0.1) is 11.3 Å². The lowest BCUT2D eigenvalue weighted by Crippen LogP contribution is -2.46. The Bertz CT molecular complexity index is 981. The Kier molecular flexibility index (Phi) is 5.34. The highest BCUT2D eigenvalue weighted by molar-refractivity contribution is 7.09. The molecule has 2 aromatic heterocycles. The van der Waals surface area contributed by atoms with Crippen LogP contribution < -0.4 is 5.56 Å². The fourth-order valence-corrected chi connectivity index (χ4v) is 4.57. The molecule has 1 fully saturated rings. The molecule has 0 spiro atoms. The molecule has 27 heavy (non-hydrogen) atoms. The summed E-state index contributed by atoms with van der Waals surface area (Å²) in [6.45, 7) is 0.843. The van der Waals surface area contributed by atoms with Crippen LogP contribution in [-0.4, -0.2) is 32.9 Å². The second kappa shape index (κ2) is 8.05. The standard InChI is InChI=1S/C21H23N3O2S/c25-20(14-23-15-22-19-9-2-1-8-18(19)21(23)26)24-12-4-3-6-16(24)10-11-17-7-5-13-27-17/h1-2,5,7-9,13,15-16H,3-4,6,10-12,14H2. The smallest absolute Gasteiger partial charge is 0.261 e. The van der Waals surface area contributed by atoms with Crippen LogP contribution in [0, 0.1) is 0 Å². The largest absolute Gasteiger partial charge is 0.338 e. The molecule has 6 heteroatoms. The zero-order chi connectivity index (χ0) is 18.6. The van der Waals surface area contributed by atoms with Gasteiger partial charge in [0.2, 0.25) is 5.91 Å². The number of likely N-dealkylation sites (tertiary alicyclic amines) is 1. The fraction of sp³-hybridized carbons (Fsp3) is 0.381. The summed E-state index contributed by atoms with van der Waals surface area (Å²) < 4.78 is 1.44. The molecule has 1 unspecified atom stereocenters. The van der Waals surface area contributed by atoms with Crippen LogP contribution >= 0.6 is 11.3 Å². The molecule has 1 saturated heterocycles. The van der Waals surface area contributed by atoms with Gasteiger partial charge in [-0.2, -0.15) is 0 Å². The van der Waals surface area contributed by atoms with Gasteiger partial charge in [-0.3, -0.25) is 14.2 Å². The number of hydrogen-bond acceptors (Lipinski definition) is 4. The number of amides is 1. The van der Waals surface area contributed by atoms with E-state index in [9.17, 15) is 9.59 Å². The van der Waals surface area contributed by atoms with Crippen LogP contribution in [0.15, 0.2) is 52.9 Å². The maximum Gasteiger partial charge on any atom is 0.261 e. The summed E-state index contributed by atoms with van der Waals surface area (Å²) in [6.07, 6.45) is 6.72. The molecule has 0 bridgehead atoms. The fourth-order valence-electron chi connectivity index (χ4n) is 3.85. The molecular formula is C21H23N3O2S. The lowest BCUT2D eigenvalue weighted by atomic mass is 9.97. The minimum absolute atomic E-state index is 0.0186. The van der Waals surface area contributed by atoms with E-state index in [1.54, 1.807) is 17.4 Å². The number of carbonyl (C=O) groups excluding carboxylic acids is 1. The number of fused-ring (bicyclic) bond motifs is 1. The molecule has 0 saturated carbocycles. The number of carbonyl (C=O) groups is 1. The first-order valence-corrected chi connectivity index (χ1v) is 10.4. The van der Waals surface area contributed by atoms with Gasteiger partial charge >= 0.3 is 0 Å². The van der Waals surface area contributed by atoms with E-state index < -0.39 is 0 Å². The Morgan fingerprint density at radius 1 is 1.19 bits per heavy atom. The van der Waals surface area contributed by atoms with E-state index in [4.69, 9.17) is 0 Å². The van der Waals surface area contributed by atoms with Crippen molar-refractivity contribution in [1.82, 2.24) is 14.5 Å². The molecule has 140 valence electrons. The minimum Gasteiger partial charge on any atom is -0.338 e. The van der Waals surface area contributed by atoms with Crippen molar-refractivity contribution in [1.29, 1.82) is 0 Å². The van der Waals surface area contributed by atoms with E-state index >= 15 is 0 Å². The van der Waals surface area contributed by atoms with E-state index in [1.165, 1.54) is 15.8 Å². The molecule has 1 amide bonds. The van der Waals surface area contributed by atoms with Gasteiger partial charge in [0.05, 0.1) is 17.2 Å².